The quantitative estimate of drug-likeness (QED) is 0.710. The molecule has 0 saturated carbocycles. The molecule has 0 amide bonds. The minimum absolute atomic E-state index is 0.190. The van der Waals surface area contributed by atoms with Gasteiger partial charge in [-0.2, -0.15) is 0 Å². The van der Waals surface area contributed by atoms with Gasteiger partial charge in [-0.3, -0.25) is 0 Å². The van der Waals surface area contributed by atoms with E-state index in [1.807, 2.05) is 13.0 Å². The van der Waals surface area contributed by atoms with Crippen molar-refractivity contribution in [2.45, 2.75) is 46.1 Å². The Balaban J connectivity index is 2.63. The highest BCUT2D eigenvalue weighted by Crippen LogP contribution is 2.15. The molecular formula is C17H26O4. The zero-order chi connectivity index (χ0) is 15.7. The Morgan fingerprint density at radius 1 is 1.29 bits per heavy atom. The molecule has 1 atom stereocenters. The zero-order valence-corrected chi connectivity index (χ0v) is 13.2. The Morgan fingerprint density at radius 2 is 2.05 bits per heavy atom. The molecule has 1 unspecified atom stereocenters. The topological polar surface area (TPSA) is 55.8 Å². The first-order valence-corrected chi connectivity index (χ1v) is 7.59. The molecule has 1 rings (SSSR count). The van der Waals surface area contributed by atoms with Gasteiger partial charge in [0, 0.05) is 13.0 Å². The van der Waals surface area contributed by atoms with Crippen molar-refractivity contribution >= 4 is 5.97 Å². The lowest BCUT2D eigenvalue weighted by molar-refractivity contribution is -0.157. The third kappa shape index (κ3) is 7.14. The maximum Gasteiger partial charge on any atom is 0.335 e. The highest BCUT2D eigenvalue weighted by Gasteiger charge is 2.21. The molecule has 0 aliphatic rings. The summed E-state index contributed by atoms with van der Waals surface area (Å²) in [6, 6.07) is 6.87. The normalized spacial score (nSPS) is 12.4. The van der Waals surface area contributed by atoms with Crippen LogP contribution in [0.4, 0.5) is 0 Å². The number of phenols is 1. The number of ether oxygens (including phenoxy) is 2. The van der Waals surface area contributed by atoms with Crippen LogP contribution in [0.15, 0.2) is 24.3 Å². The number of hydrogen-bond acceptors (Lipinski definition) is 4. The first kappa shape index (κ1) is 17.5. The lowest BCUT2D eigenvalue weighted by Gasteiger charge is -2.17. The maximum atomic E-state index is 12.1. The van der Waals surface area contributed by atoms with Gasteiger partial charge in [0.2, 0.25) is 0 Å². The van der Waals surface area contributed by atoms with Crippen molar-refractivity contribution in [3.05, 3.63) is 29.8 Å². The first-order chi connectivity index (χ1) is 10.0. The smallest absolute Gasteiger partial charge is 0.335 e. The van der Waals surface area contributed by atoms with E-state index < -0.39 is 6.10 Å². The average molecular weight is 294 g/mol. The van der Waals surface area contributed by atoms with Crippen LogP contribution in [-0.4, -0.2) is 30.4 Å². The fourth-order valence-electron chi connectivity index (χ4n) is 1.85. The van der Waals surface area contributed by atoms with Crippen molar-refractivity contribution < 1.29 is 19.4 Å². The Bertz CT molecular complexity index is 429. The van der Waals surface area contributed by atoms with Crippen LogP contribution in [-0.2, 0) is 20.7 Å². The SMILES string of the molecule is CCCOC(=O)C(Cc1cccc(O)c1)OCCC(C)C. The van der Waals surface area contributed by atoms with E-state index in [9.17, 15) is 9.90 Å². The van der Waals surface area contributed by atoms with Crippen molar-refractivity contribution in [1.82, 2.24) is 0 Å². The summed E-state index contributed by atoms with van der Waals surface area (Å²) in [5.41, 5.74) is 0.859. The minimum Gasteiger partial charge on any atom is -0.508 e. The molecule has 118 valence electrons. The number of rotatable bonds is 9. The van der Waals surface area contributed by atoms with Crippen molar-refractivity contribution in [1.29, 1.82) is 0 Å². The van der Waals surface area contributed by atoms with Crippen LogP contribution in [0.2, 0.25) is 0 Å². The predicted molar refractivity (Wildman–Crippen MR) is 82.3 cm³/mol. The summed E-state index contributed by atoms with van der Waals surface area (Å²) < 4.78 is 10.9. The third-order valence-corrected chi connectivity index (χ3v) is 3.06. The number of benzene rings is 1. The van der Waals surface area contributed by atoms with Gasteiger partial charge in [-0.05, 0) is 36.5 Å². The molecule has 0 aliphatic heterocycles. The molecule has 0 aliphatic carbocycles. The van der Waals surface area contributed by atoms with Gasteiger partial charge < -0.3 is 14.6 Å². The predicted octanol–water partition coefficient (Wildman–Crippen LogP) is 3.32. The van der Waals surface area contributed by atoms with E-state index in [-0.39, 0.29) is 11.7 Å². The molecule has 1 aromatic carbocycles. The van der Waals surface area contributed by atoms with Gasteiger partial charge in [0.25, 0.3) is 0 Å². The number of carbonyl (C=O) groups is 1. The molecule has 0 bridgehead atoms. The van der Waals surface area contributed by atoms with E-state index in [0.717, 1.165) is 18.4 Å². The molecule has 21 heavy (non-hydrogen) atoms. The third-order valence-electron chi connectivity index (χ3n) is 3.06. The number of phenolic OH excluding ortho intramolecular Hbond substituents is 1. The molecule has 1 N–H and O–H groups in total. The second kappa shape index (κ2) is 9.40. The summed E-state index contributed by atoms with van der Waals surface area (Å²) in [5.74, 6) is 0.386. The molecule has 0 saturated heterocycles. The van der Waals surface area contributed by atoms with Gasteiger partial charge in [0.05, 0.1) is 6.61 Å². The van der Waals surface area contributed by atoms with Gasteiger partial charge in [-0.15, -0.1) is 0 Å². The van der Waals surface area contributed by atoms with Gasteiger partial charge >= 0.3 is 5.97 Å². The van der Waals surface area contributed by atoms with Crippen LogP contribution >= 0.6 is 0 Å². The molecule has 0 spiro atoms. The van der Waals surface area contributed by atoms with E-state index in [1.165, 1.54) is 0 Å². The van der Waals surface area contributed by atoms with Crippen LogP contribution in [0.25, 0.3) is 0 Å². The Kier molecular flexibility index (Phi) is 7.83. The summed E-state index contributed by atoms with van der Waals surface area (Å²) in [6.07, 6.45) is 1.49. The second-order valence-electron chi connectivity index (χ2n) is 5.58. The molecule has 0 aromatic heterocycles. The fraction of sp³-hybridized carbons (Fsp3) is 0.588. The molecular weight excluding hydrogens is 268 g/mol. The van der Waals surface area contributed by atoms with Gasteiger partial charge in [0.1, 0.15) is 5.75 Å². The highest BCUT2D eigenvalue weighted by atomic mass is 16.6. The average Bonchev–Trinajstić information content (AvgIpc) is 2.43. The summed E-state index contributed by atoms with van der Waals surface area (Å²) in [5, 5.41) is 9.50. The maximum absolute atomic E-state index is 12.1. The molecule has 0 radical (unpaired) electrons. The Hall–Kier alpha value is -1.55. The summed E-state index contributed by atoms with van der Waals surface area (Å²) >= 11 is 0. The minimum atomic E-state index is -0.614. The van der Waals surface area contributed by atoms with E-state index in [2.05, 4.69) is 13.8 Å². The molecule has 4 nitrogen and oxygen atoms in total. The number of carbonyl (C=O) groups excluding carboxylic acids is 1. The van der Waals surface area contributed by atoms with Crippen LogP contribution < -0.4 is 0 Å². The van der Waals surface area contributed by atoms with E-state index in [1.54, 1.807) is 18.2 Å². The molecule has 4 heteroatoms. The van der Waals surface area contributed by atoms with Gasteiger partial charge in [-0.1, -0.05) is 32.9 Å². The number of aromatic hydroxyl groups is 1. The van der Waals surface area contributed by atoms with E-state index in [0.29, 0.717) is 25.6 Å². The van der Waals surface area contributed by atoms with Gasteiger partial charge in [0.15, 0.2) is 6.10 Å². The lowest BCUT2D eigenvalue weighted by atomic mass is 10.1. The fourth-order valence-corrected chi connectivity index (χ4v) is 1.85. The zero-order valence-electron chi connectivity index (χ0n) is 13.2. The van der Waals surface area contributed by atoms with E-state index in [4.69, 9.17) is 9.47 Å². The Morgan fingerprint density at radius 3 is 2.67 bits per heavy atom. The molecule has 1 aromatic rings. The second-order valence-corrected chi connectivity index (χ2v) is 5.58. The van der Waals surface area contributed by atoms with Crippen molar-refractivity contribution in [3.63, 3.8) is 0 Å². The van der Waals surface area contributed by atoms with Crippen molar-refractivity contribution in [3.8, 4) is 5.75 Å². The van der Waals surface area contributed by atoms with Crippen LogP contribution in [0.1, 0.15) is 39.2 Å². The molecule has 0 heterocycles. The van der Waals surface area contributed by atoms with Crippen LogP contribution in [0, 0.1) is 5.92 Å². The number of hydrogen-bond donors (Lipinski definition) is 1. The van der Waals surface area contributed by atoms with Crippen molar-refractivity contribution in [2.75, 3.05) is 13.2 Å². The standard InChI is InChI=1S/C17H26O4/c1-4-9-21-17(19)16(20-10-8-13(2)3)12-14-6-5-7-15(18)11-14/h5-7,11,13,16,18H,4,8-10,12H2,1-3H3. The first-order valence-electron chi connectivity index (χ1n) is 7.59. The van der Waals surface area contributed by atoms with Crippen molar-refractivity contribution in [2.24, 2.45) is 5.92 Å². The Labute approximate surface area is 127 Å². The monoisotopic (exact) mass is 294 g/mol. The van der Waals surface area contributed by atoms with Crippen LogP contribution in [0.3, 0.4) is 0 Å². The van der Waals surface area contributed by atoms with Gasteiger partial charge in [-0.25, -0.2) is 4.79 Å². The van der Waals surface area contributed by atoms with Crippen LogP contribution in [0.5, 0.6) is 5.75 Å². The highest BCUT2D eigenvalue weighted by molar-refractivity contribution is 5.75. The largest absolute Gasteiger partial charge is 0.508 e. The lowest BCUT2D eigenvalue weighted by Crippen LogP contribution is -2.29. The summed E-state index contributed by atoms with van der Waals surface area (Å²) in [7, 11) is 0. The number of esters is 1. The molecule has 0 fully saturated rings. The van der Waals surface area contributed by atoms with E-state index >= 15 is 0 Å². The summed E-state index contributed by atoms with van der Waals surface area (Å²) in [6.45, 7) is 7.12. The summed E-state index contributed by atoms with van der Waals surface area (Å²) in [4.78, 5) is 12.1.